The quantitative estimate of drug-likeness (QED) is 0.554. The van der Waals surface area contributed by atoms with Gasteiger partial charge in [-0.2, -0.15) is 5.10 Å². The lowest BCUT2D eigenvalue weighted by Gasteiger charge is -2.07. The van der Waals surface area contributed by atoms with Gasteiger partial charge in [0.2, 0.25) is 5.43 Å². The van der Waals surface area contributed by atoms with Crippen LogP contribution in [0.25, 0.3) is 11.0 Å². The van der Waals surface area contributed by atoms with Crippen molar-refractivity contribution in [2.75, 3.05) is 14.2 Å². The normalized spacial score (nSPS) is 10.9. The molecule has 0 fully saturated rings. The summed E-state index contributed by atoms with van der Waals surface area (Å²) in [5, 5.41) is 4.31. The van der Waals surface area contributed by atoms with Gasteiger partial charge in [0.25, 0.3) is 5.91 Å². The molecule has 0 aliphatic rings. The lowest BCUT2D eigenvalue weighted by Crippen LogP contribution is -2.18. The summed E-state index contributed by atoms with van der Waals surface area (Å²) in [5.74, 6) is 0.493. The molecular weight excluding hydrogens is 348 g/mol. The van der Waals surface area contributed by atoms with Crippen molar-refractivity contribution in [3.8, 4) is 11.5 Å². The van der Waals surface area contributed by atoms with E-state index in [4.69, 9.17) is 13.9 Å². The molecule has 1 aromatic heterocycles. The summed E-state index contributed by atoms with van der Waals surface area (Å²) in [5.41, 5.74) is 4.14. The zero-order chi connectivity index (χ0) is 19.4. The van der Waals surface area contributed by atoms with Crippen LogP contribution in [0.4, 0.5) is 0 Å². The van der Waals surface area contributed by atoms with Gasteiger partial charge in [-0.3, -0.25) is 9.59 Å². The Balaban J connectivity index is 1.81. The molecule has 7 nitrogen and oxygen atoms in total. The van der Waals surface area contributed by atoms with E-state index in [1.165, 1.54) is 26.7 Å². The first-order valence-electron chi connectivity index (χ1n) is 8.10. The van der Waals surface area contributed by atoms with Crippen molar-refractivity contribution in [2.24, 2.45) is 5.10 Å². The van der Waals surface area contributed by atoms with Crippen LogP contribution in [0.1, 0.15) is 21.5 Å². The van der Waals surface area contributed by atoms with Gasteiger partial charge in [-0.1, -0.05) is 11.6 Å². The van der Waals surface area contributed by atoms with E-state index < -0.39 is 5.91 Å². The molecule has 7 heteroatoms. The maximum Gasteiger partial charge on any atom is 0.271 e. The number of benzene rings is 2. The summed E-state index contributed by atoms with van der Waals surface area (Å²) in [4.78, 5) is 24.8. The van der Waals surface area contributed by atoms with Crippen LogP contribution < -0.4 is 20.3 Å². The number of hydrogen-bond acceptors (Lipinski definition) is 6. The molecule has 2 aromatic carbocycles. The predicted octanol–water partition coefficient (Wildman–Crippen LogP) is 2.88. The minimum Gasteiger partial charge on any atom is -0.497 e. The van der Waals surface area contributed by atoms with E-state index in [1.54, 1.807) is 30.3 Å². The minimum atomic E-state index is -0.468. The average molecular weight is 366 g/mol. The first-order chi connectivity index (χ1) is 13.0. The van der Waals surface area contributed by atoms with E-state index in [1.807, 2.05) is 13.0 Å². The van der Waals surface area contributed by atoms with Crippen molar-refractivity contribution in [2.45, 2.75) is 6.92 Å². The number of hydrazone groups is 1. The van der Waals surface area contributed by atoms with Gasteiger partial charge in [0.15, 0.2) is 0 Å². The van der Waals surface area contributed by atoms with Gasteiger partial charge in [-0.05, 0) is 31.2 Å². The zero-order valence-electron chi connectivity index (χ0n) is 15.1. The Morgan fingerprint density at radius 1 is 1.11 bits per heavy atom. The van der Waals surface area contributed by atoms with Crippen molar-refractivity contribution in [3.05, 3.63) is 69.6 Å². The van der Waals surface area contributed by atoms with E-state index in [2.05, 4.69) is 10.5 Å². The number of ether oxygens (including phenoxy) is 2. The number of rotatable bonds is 5. The molecule has 3 rings (SSSR count). The lowest BCUT2D eigenvalue weighted by atomic mass is 10.1. The summed E-state index contributed by atoms with van der Waals surface area (Å²) in [6.07, 6.45) is 2.56. The van der Waals surface area contributed by atoms with E-state index >= 15 is 0 Å². The largest absolute Gasteiger partial charge is 0.497 e. The third kappa shape index (κ3) is 3.98. The minimum absolute atomic E-state index is 0.221. The number of methoxy groups -OCH3 is 2. The van der Waals surface area contributed by atoms with Crippen LogP contribution in [0.2, 0.25) is 0 Å². The third-order valence-electron chi connectivity index (χ3n) is 3.94. The molecule has 0 bridgehead atoms. The standard InChI is InChI=1S/C20H18N2O5/c1-12-4-5-18-17(6-12)19(23)14(11-27-18)10-21-22-20(24)13-7-15(25-2)9-16(8-13)26-3/h4-11H,1-3H3,(H,22,24)/b21-10+. The van der Waals surface area contributed by atoms with E-state index in [0.717, 1.165) is 5.56 Å². The number of amides is 1. The zero-order valence-corrected chi connectivity index (χ0v) is 15.1. The van der Waals surface area contributed by atoms with Crippen molar-refractivity contribution >= 4 is 23.1 Å². The second-order valence-electron chi connectivity index (χ2n) is 5.82. The molecule has 0 aliphatic heterocycles. The summed E-state index contributed by atoms with van der Waals surface area (Å²) < 4.78 is 15.7. The molecular formula is C20H18N2O5. The second-order valence-corrected chi connectivity index (χ2v) is 5.82. The maximum atomic E-state index is 12.5. The fourth-order valence-corrected chi connectivity index (χ4v) is 2.51. The third-order valence-corrected chi connectivity index (χ3v) is 3.94. The van der Waals surface area contributed by atoms with Crippen LogP contribution >= 0.6 is 0 Å². The molecule has 1 N–H and O–H groups in total. The summed E-state index contributed by atoms with van der Waals surface area (Å²) in [6.45, 7) is 1.89. The maximum absolute atomic E-state index is 12.5. The number of carbonyl (C=O) groups is 1. The van der Waals surface area contributed by atoms with Crippen LogP contribution in [0.15, 0.2) is 57.0 Å². The number of fused-ring (bicyclic) bond motifs is 1. The molecule has 27 heavy (non-hydrogen) atoms. The Labute approximate surface area is 155 Å². The summed E-state index contributed by atoms with van der Waals surface area (Å²) >= 11 is 0. The highest BCUT2D eigenvalue weighted by molar-refractivity contribution is 5.96. The Morgan fingerprint density at radius 2 is 1.81 bits per heavy atom. The summed E-state index contributed by atoms with van der Waals surface area (Å²) in [7, 11) is 2.99. The van der Waals surface area contributed by atoms with Gasteiger partial charge >= 0.3 is 0 Å². The molecule has 0 saturated heterocycles. The van der Waals surface area contributed by atoms with Gasteiger partial charge in [0, 0.05) is 11.6 Å². The monoisotopic (exact) mass is 366 g/mol. The van der Waals surface area contributed by atoms with Gasteiger partial charge in [0.05, 0.1) is 31.4 Å². The van der Waals surface area contributed by atoms with Gasteiger partial charge in [-0.15, -0.1) is 0 Å². The first-order valence-corrected chi connectivity index (χ1v) is 8.10. The van der Waals surface area contributed by atoms with Crippen molar-refractivity contribution in [3.63, 3.8) is 0 Å². The first kappa shape index (κ1) is 18.2. The molecule has 0 atom stereocenters. The molecule has 1 heterocycles. The highest BCUT2D eigenvalue weighted by atomic mass is 16.5. The Morgan fingerprint density at radius 3 is 2.48 bits per heavy atom. The predicted molar refractivity (Wildman–Crippen MR) is 102 cm³/mol. The van der Waals surface area contributed by atoms with Crippen LogP contribution in [0.5, 0.6) is 11.5 Å². The van der Waals surface area contributed by atoms with Crippen LogP contribution in [-0.4, -0.2) is 26.3 Å². The molecule has 0 unspecified atom stereocenters. The fraction of sp³-hybridized carbons (Fsp3) is 0.150. The number of nitrogens with zero attached hydrogens (tertiary/aromatic N) is 1. The lowest BCUT2D eigenvalue weighted by molar-refractivity contribution is 0.0954. The Hall–Kier alpha value is -3.61. The van der Waals surface area contributed by atoms with Crippen molar-refractivity contribution in [1.29, 1.82) is 0 Å². The van der Waals surface area contributed by atoms with Crippen molar-refractivity contribution in [1.82, 2.24) is 5.43 Å². The SMILES string of the molecule is COc1cc(OC)cc(C(=O)N/N=C/c2coc3ccc(C)cc3c2=O)c1. The molecule has 0 saturated carbocycles. The fourth-order valence-electron chi connectivity index (χ4n) is 2.51. The molecule has 3 aromatic rings. The number of hydrogen-bond donors (Lipinski definition) is 1. The van der Waals surface area contributed by atoms with Gasteiger partial charge in [0.1, 0.15) is 23.3 Å². The van der Waals surface area contributed by atoms with Gasteiger partial charge < -0.3 is 13.9 Å². The molecule has 0 spiro atoms. The highest BCUT2D eigenvalue weighted by Crippen LogP contribution is 2.22. The van der Waals surface area contributed by atoms with Crippen LogP contribution in [0.3, 0.4) is 0 Å². The Bertz CT molecular complexity index is 1060. The highest BCUT2D eigenvalue weighted by Gasteiger charge is 2.10. The average Bonchev–Trinajstić information content (AvgIpc) is 2.69. The van der Waals surface area contributed by atoms with E-state index in [0.29, 0.717) is 28.0 Å². The molecule has 0 aliphatic carbocycles. The molecule has 138 valence electrons. The van der Waals surface area contributed by atoms with E-state index in [9.17, 15) is 9.59 Å². The van der Waals surface area contributed by atoms with Gasteiger partial charge in [-0.25, -0.2) is 5.43 Å². The Kier molecular flexibility index (Phi) is 5.21. The van der Waals surface area contributed by atoms with Crippen LogP contribution in [0, 0.1) is 6.92 Å². The van der Waals surface area contributed by atoms with Crippen LogP contribution in [-0.2, 0) is 0 Å². The second kappa shape index (κ2) is 7.74. The number of aryl methyl sites for hydroxylation is 1. The molecule has 1 amide bonds. The number of carbonyl (C=O) groups excluding carboxylic acids is 1. The molecule has 0 radical (unpaired) electrons. The number of nitrogens with one attached hydrogen (secondary N) is 1. The van der Waals surface area contributed by atoms with Crippen molar-refractivity contribution < 1.29 is 18.7 Å². The summed E-state index contributed by atoms with van der Waals surface area (Å²) in [6, 6.07) is 10.1. The van der Waals surface area contributed by atoms with E-state index in [-0.39, 0.29) is 11.0 Å². The topological polar surface area (TPSA) is 90.1 Å². The smallest absolute Gasteiger partial charge is 0.271 e.